The average Bonchev–Trinajstić information content (AvgIpc) is 2.56. The fourth-order valence-electron chi connectivity index (χ4n) is 1.81. The van der Waals surface area contributed by atoms with Crippen molar-refractivity contribution in [1.29, 1.82) is 0 Å². The Morgan fingerprint density at radius 2 is 1.65 bits per heavy atom. The van der Waals surface area contributed by atoms with Gasteiger partial charge in [-0.15, -0.1) is 0 Å². The van der Waals surface area contributed by atoms with E-state index in [4.69, 9.17) is 37.4 Å². The van der Waals surface area contributed by atoms with Crippen LogP contribution >= 0.6 is 23.2 Å². The van der Waals surface area contributed by atoms with Crippen LogP contribution in [0.5, 0.6) is 17.2 Å². The predicted molar refractivity (Wildman–Crippen MR) is 91.6 cm³/mol. The molecule has 1 N–H and O–H groups in total. The number of pyridine rings is 1. The van der Waals surface area contributed by atoms with E-state index in [1.54, 1.807) is 45.7 Å². The van der Waals surface area contributed by atoms with E-state index in [9.17, 15) is 0 Å². The lowest BCUT2D eigenvalue weighted by Crippen LogP contribution is -1.98. The van der Waals surface area contributed by atoms with Gasteiger partial charge in [0.05, 0.1) is 37.6 Å². The van der Waals surface area contributed by atoms with Crippen LogP contribution in [-0.4, -0.2) is 32.5 Å². The summed E-state index contributed by atoms with van der Waals surface area (Å²) in [6.45, 7) is 0. The molecule has 1 aromatic heterocycles. The Morgan fingerprint density at radius 1 is 1.00 bits per heavy atom. The van der Waals surface area contributed by atoms with Crippen LogP contribution in [0.1, 0.15) is 5.56 Å². The van der Waals surface area contributed by atoms with Gasteiger partial charge >= 0.3 is 0 Å². The minimum Gasteiger partial charge on any atom is -0.496 e. The molecule has 0 bridgehead atoms. The van der Waals surface area contributed by atoms with Crippen molar-refractivity contribution in [1.82, 2.24) is 4.98 Å². The maximum Gasteiger partial charge on any atom is 0.165 e. The molecule has 6 nitrogen and oxygen atoms in total. The minimum atomic E-state index is 0.369. The van der Waals surface area contributed by atoms with Crippen LogP contribution in [-0.2, 0) is 0 Å². The fraction of sp³-hybridized carbons (Fsp3) is 0.200. The SMILES string of the molecule is COc1cc(OC)c(OC)cc1C=NNc1ncc(Cl)cc1Cl. The van der Waals surface area contributed by atoms with Crippen LogP contribution in [0.25, 0.3) is 0 Å². The molecule has 0 unspecified atom stereocenters. The molecule has 0 amide bonds. The number of benzene rings is 1. The molecule has 122 valence electrons. The fourth-order valence-corrected chi connectivity index (χ4v) is 2.24. The second-order valence-corrected chi connectivity index (χ2v) is 5.15. The maximum absolute atomic E-state index is 6.01. The lowest BCUT2D eigenvalue weighted by Gasteiger charge is -2.11. The van der Waals surface area contributed by atoms with Crippen molar-refractivity contribution >= 4 is 35.2 Å². The number of rotatable bonds is 6. The number of methoxy groups -OCH3 is 3. The quantitative estimate of drug-likeness (QED) is 0.629. The number of anilines is 1. The number of hydrogen-bond acceptors (Lipinski definition) is 6. The summed E-state index contributed by atoms with van der Waals surface area (Å²) in [4.78, 5) is 4.05. The Labute approximate surface area is 144 Å². The van der Waals surface area contributed by atoms with Crippen molar-refractivity contribution in [2.75, 3.05) is 26.8 Å². The highest BCUT2D eigenvalue weighted by atomic mass is 35.5. The van der Waals surface area contributed by atoms with E-state index >= 15 is 0 Å². The summed E-state index contributed by atoms with van der Waals surface area (Å²) in [6, 6.07) is 5.04. The van der Waals surface area contributed by atoms with E-state index < -0.39 is 0 Å². The molecular formula is C15H15Cl2N3O3. The van der Waals surface area contributed by atoms with E-state index in [2.05, 4.69) is 15.5 Å². The van der Waals surface area contributed by atoms with Crippen molar-refractivity contribution in [3.05, 3.63) is 40.0 Å². The summed E-state index contributed by atoms with van der Waals surface area (Å²) < 4.78 is 15.8. The zero-order valence-electron chi connectivity index (χ0n) is 12.8. The number of nitrogens with one attached hydrogen (secondary N) is 1. The second-order valence-electron chi connectivity index (χ2n) is 4.30. The predicted octanol–water partition coefficient (Wildman–Crippen LogP) is 3.86. The standard InChI is InChI=1S/C15H15Cl2N3O3/c1-21-12-6-14(23-3)13(22-2)4-9(12)7-19-20-15-11(17)5-10(16)8-18-15/h4-8H,1-3H3,(H,18,20). The first kappa shape index (κ1) is 17.2. The molecule has 0 saturated heterocycles. The molecule has 0 aliphatic carbocycles. The van der Waals surface area contributed by atoms with E-state index in [0.717, 1.165) is 0 Å². The smallest absolute Gasteiger partial charge is 0.165 e. The Kier molecular flexibility index (Phi) is 5.90. The maximum atomic E-state index is 6.01. The van der Waals surface area contributed by atoms with Crippen LogP contribution < -0.4 is 19.6 Å². The molecule has 1 heterocycles. The number of hydrazone groups is 1. The van der Waals surface area contributed by atoms with Crippen LogP contribution in [0.15, 0.2) is 29.5 Å². The van der Waals surface area contributed by atoms with Crippen molar-refractivity contribution < 1.29 is 14.2 Å². The summed E-state index contributed by atoms with van der Waals surface area (Å²) in [7, 11) is 4.67. The van der Waals surface area contributed by atoms with E-state index in [1.807, 2.05) is 0 Å². The molecule has 8 heteroatoms. The van der Waals surface area contributed by atoms with Crippen LogP contribution in [0.4, 0.5) is 5.82 Å². The lowest BCUT2D eigenvalue weighted by atomic mass is 10.2. The zero-order valence-corrected chi connectivity index (χ0v) is 14.3. The molecule has 0 aliphatic heterocycles. The van der Waals surface area contributed by atoms with Crippen molar-refractivity contribution in [3.8, 4) is 17.2 Å². The molecule has 0 aliphatic rings. The van der Waals surface area contributed by atoms with Gasteiger partial charge < -0.3 is 14.2 Å². The molecule has 0 spiro atoms. The first-order valence-electron chi connectivity index (χ1n) is 6.49. The summed E-state index contributed by atoms with van der Waals surface area (Å²) in [6.07, 6.45) is 3.04. The van der Waals surface area contributed by atoms with Crippen LogP contribution in [0.2, 0.25) is 10.0 Å². The highest BCUT2D eigenvalue weighted by molar-refractivity contribution is 6.35. The average molecular weight is 356 g/mol. The zero-order chi connectivity index (χ0) is 16.8. The summed E-state index contributed by atoms with van der Waals surface area (Å²) in [5, 5.41) is 4.92. The second kappa shape index (κ2) is 7.89. The third kappa shape index (κ3) is 4.18. The van der Waals surface area contributed by atoms with Gasteiger partial charge in [0, 0.05) is 17.8 Å². The minimum absolute atomic E-state index is 0.369. The molecule has 2 rings (SSSR count). The van der Waals surface area contributed by atoms with Gasteiger partial charge in [-0.05, 0) is 12.1 Å². The molecular weight excluding hydrogens is 341 g/mol. The Balaban J connectivity index is 2.24. The van der Waals surface area contributed by atoms with Crippen molar-refractivity contribution in [3.63, 3.8) is 0 Å². The van der Waals surface area contributed by atoms with Gasteiger partial charge in [0.2, 0.25) is 0 Å². The van der Waals surface area contributed by atoms with Gasteiger partial charge in [-0.2, -0.15) is 5.10 Å². The molecule has 0 radical (unpaired) electrons. The molecule has 0 fully saturated rings. The van der Waals surface area contributed by atoms with Crippen molar-refractivity contribution in [2.45, 2.75) is 0 Å². The number of ether oxygens (including phenoxy) is 3. The first-order chi connectivity index (χ1) is 11.1. The topological polar surface area (TPSA) is 65.0 Å². The Hall–Kier alpha value is -2.18. The number of nitrogens with zero attached hydrogens (tertiary/aromatic N) is 2. The highest BCUT2D eigenvalue weighted by Gasteiger charge is 2.10. The van der Waals surface area contributed by atoms with Crippen molar-refractivity contribution in [2.24, 2.45) is 5.10 Å². The normalized spacial score (nSPS) is 10.7. The number of halogens is 2. The van der Waals surface area contributed by atoms with E-state index in [1.165, 1.54) is 6.20 Å². The number of hydrogen-bond donors (Lipinski definition) is 1. The van der Waals surface area contributed by atoms with Gasteiger partial charge in [-0.25, -0.2) is 4.98 Å². The van der Waals surface area contributed by atoms with Gasteiger partial charge in [-0.3, -0.25) is 5.43 Å². The van der Waals surface area contributed by atoms with Gasteiger partial charge in [-0.1, -0.05) is 23.2 Å². The first-order valence-corrected chi connectivity index (χ1v) is 7.24. The Bertz CT molecular complexity index is 723. The van der Waals surface area contributed by atoms with E-state index in [0.29, 0.717) is 38.7 Å². The third-order valence-electron chi connectivity index (χ3n) is 2.92. The summed E-state index contributed by atoms with van der Waals surface area (Å²) in [5.74, 6) is 2.12. The molecule has 2 aromatic rings. The third-order valence-corrected chi connectivity index (χ3v) is 3.41. The molecule has 1 aromatic carbocycles. The lowest BCUT2D eigenvalue weighted by molar-refractivity contribution is 0.349. The van der Waals surface area contributed by atoms with E-state index in [-0.39, 0.29) is 0 Å². The number of aromatic nitrogens is 1. The summed E-state index contributed by atoms with van der Waals surface area (Å²) >= 11 is 11.8. The van der Waals surface area contributed by atoms with Crippen LogP contribution in [0, 0.1) is 0 Å². The van der Waals surface area contributed by atoms with Gasteiger partial charge in [0.15, 0.2) is 17.3 Å². The van der Waals surface area contributed by atoms with Gasteiger partial charge in [0.1, 0.15) is 5.75 Å². The highest BCUT2D eigenvalue weighted by Crippen LogP contribution is 2.33. The van der Waals surface area contributed by atoms with Crippen LogP contribution in [0.3, 0.4) is 0 Å². The Morgan fingerprint density at radius 3 is 2.26 bits per heavy atom. The molecule has 0 atom stereocenters. The van der Waals surface area contributed by atoms with Gasteiger partial charge in [0.25, 0.3) is 0 Å². The molecule has 0 saturated carbocycles. The monoisotopic (exact) mass is 355 g/mol. The molecule has 23 heavy (non-hydrogen) atoms. The largest absolute Gasteiger partial charge is 0.496 e. The summed E-state index contributed by atoms with van der Waals surface area (Å²) in [5.41, 5.74) is 3.44.